The fourth-order valence-electron chi connectivity index (χ4n) is 2.50. The van der Waals surface area contributed by atoms with Crippen molar-refractivity contribution < 1.29 is 4.74 Å². The molecular formula is C13H22N4OS. The van der Waals surface area contributed by atoms with Crippen LogP contribution in [-0.4, -0.2) is 41.2 Å². The largest absolute Gasteiger partial charge is 0.490 e. The van der Waals surface area contributed by atoms with Gasteiger partial charge in [0.2, 0.25) is 5.75 Å². The van der Waals surface area contributed by atoms with Gasteiger partial charge >= 0.3 is 0 Å². The first-order chi connectivity index (χ1) is 9.28. The van der Waals surface area contributed by atoms with E-state index in [0.29, 0.717) is 11.8 Å². The lowest BCUT2D eigenvalue weighted by molar-refractivity contribution is 0.414. The summed E-state index contributed by atoms with van der Waals surface area (Å²) in [4.78, 5) is 8.45. The summed E-state index contributed by atoms with van der Waals surface area (Å²) in [7, 11) is 3.48. The maximum absolute atomic E-state index is 5.40. The van der Waals surface area contributed by atoms with Crippen molar-refractivity contribution in [1.82, 2.24) is 9.97 Å². The highest BCUT2D eigenvalue weighted by Crippen LogP contribution is 2.34. The molecule has 6 heteroatoms. The summed E-state index contributed by atoms with van der Waals surface area (Å²) in [5.41, 5.74) is 0. The SMILES string of the molecule is CCSC1CCC(Nc2ncnc(NC)c2OC)C1. The van der Waals surface area contributed by atoms with Crippen LogP contribution in [0.3, 0.4) is 0 Å². The first kappa shape index (κ1) is 14.2. The molecule has 0 aliphatic heterocycles. The summed E-state index contributed by atoms with van der Waals surface area (Å²) >= 11 is 2.05. The van der Waals surface area contributed by atoms with E-state index in [4.69, 9.17) is 4.74 Å². The number of rotatable bonds is 6. The van der Waals surface area contributed by atoms with Crippen molar-refractivity contribution in [3.8, 4) is 5.75 Å². The third-order valence-electron chi connectivity index (χ3n) is 3.37. The van der Waals surface area contributed by atoms with Gasteiger partial charge in [-0.15, -0.1) is 0 Å². The van der Waals surface area contributed by atoms with Gasteiger partial charge in [0, 0.05) is 18.3 Å². The van der Waals surface area contributed by atoms with Gasteiger partial charge in [-0.25, -0.2) is 9.97 Å². The third kappa shape index (κ3) is 3.43. The Morgan fingerprint density at radius 2 is 2.16 bits per heavy atom. The molecule has 5 nitrogen and oxygen atoms in total. The van der Waals surface area contributed by atoms with Gasteiger partial charge < -0.3 is 15.4 Å². The van der Waals surface area contributed by atoms with Crippen molar-refractivity contribution in [2.75, 3.05) is 30.5 Å². The Balaban J connectivity index is 2.03. The number of hydrogen-bond donors (Lipinski definition) is 2. The van der Waals surface area contributed by atoms with Crippen LogP contribution in [0.15, 0.2) is 6.33 Å². The lowest BCUT2D eigenvalue weighted by atomic mass is 10.2. The summed E-state index contributed by atoms with van der Waals surface area (Å²) in [5, 5.41) is 7.29. The van der Waals surface area contributed by atoms with Crippen molar-refractivity contribution in [3.05, 3.63) is 6.33 Å². The van der Waals surface area contributed by atoms with E-state index in [1.165, 1.54) is 25.0 Å². The molecule has 19 heavy (non-hydrogen) atoms. The Morgan fingerprint density at radius 1 is 1.37 bits per heavy atom. The lowest BCUT2D eigenvalue weighted by Gasteiger charge is -2.17. The van der Waals surface area contributed by atoms with Crippen LogP contribution in [0.5, 0.6) is 5.75 Å². The minimum absolute atomic E-state index is 0.484. The molecule has 2 atom stereocenters. The van der Waals surface area contributed by atoms with E-state index in [0.717, 1.165) is 16.9 Å². The second kappa shape index (κ2) is 6.84. The molecule has 1 aromatic heterocycles. The molecule has 106 valence electrons. The topological polar surface area (TPSA) is 59.1 Å². The molecule has 2 N–H and O–H groups in total. The molecule has 1 heterocycles. The second-order valence-corrected chi connectivity index (χ2v) is 6.16. The van der Waals surface area contributed by atoms with Gasteiger partial charge in [-0.1, -0.05) is 6.92 Å². The Kier molecular flexibility index (Phi) is 5.13. The maximum atomic E-state index is 5.40. The molecule has 2 unspecified atom stereocenters. The average Bonchev–Trinajstić information content (AvgIpc) is 2.86. The molecule has 0 aromatic carbocycles. The van der Waals surface area contributed by atoms with E-state index in [-0.39, 0.29) is 0 Å². The first-order valence-corrected chi connectivity index (χ1v) is 7.78. The predicted octanol–water partition coefficient (Wildman–Crippen LogP) is 2.61. The van der Waals surface area contributed by atoms with Crippen molar-refractivity contribution in [2.45, 2.75) is 37.5 Å². The van der Waals surface area contributed by atoms with E-state index in [1.807, 2.05) is 7.05 Å². The standard InChI is InChI=1S/C13H22N4OS/c1-4-19-10-6-5-9(7-10)17-13-11(18-3)12(14-2)15-8-16-13/h8-10H,4-7H2,1-3H3,(H2,14,15,16,17). The predicted molar refractivity (Wildman–Crippen MR) is 81.3 cm³/mol. The molecule has 0 saturated heterocycles. The molecule has 1 aliphatic rings. The maximum Gasteiger partial charge on any atom is 0.204 e. The fourth-order valence-corrected chi connectivity index (χ4v) is 3.64. The smallest absolute Gasteiger partial charge is 0.204 e. The van der Waals surface area contributed by atoms with Gasteiger partial charge in [-0.3, -0.25) is 0 Å². The highest BCUT2D eigenvalue weighted by Gasteiger charge is 2.26. The minimum Gasteiger partial charge on any atom is -0.490 e. The zero-order valence-electron chi connectivity index (χ0n) is 11.8. The molecule has 0 amide bonds. The molecule has 1 fully saturated rings. The highest BCUT2D eigenvalue weighted by molar-refractivity contribution is 7.99. The Labute approximate surface area is 118 Å². The second-order valence-electron chi connectivity index (χ2n) is 4.59. The quantitative estimate of drug-likeness (QED) is 0.836. The van der Waals surface area contributed by atoms with E-state index in [1.54, 1.807) is 13.4 Å². The van der Waals surface area contributed by atoms with Gasteiger partial charge in [0.25, 0.3) is 0 Å². The Bertz CT molecular complexity index is 416. The van der Waals surface area contributed by atoms with Gasteiger partial charge in [-0.05, 0) is 25.0 Å². The molecule has 0 spiro atoms. The summed E-state index contributed by atoms with van der Waals surface area (Å²) in [6.07, 6.45) is 5.23. The summed E-state index contributed by atoms with van der Waals surface area (Å²) in [6.45, 7) is 2.22. The van der Waals surface area contributed by atoms with Crippen LogP contribution in [0, 0.1) is 0 Å². The summed E-state index contributed by atoms with van der Waals surface area (Å²) in [5.74, 6) is 3.39. The van der Waals surface area contributed by atoms with Crippen LogP contribution in [0.4, 0.5) is 11.6 Å². The monoisotopic (exact) mass is 282 g/mol. The first-order valence-electron chi connectivity index (χ1n) is 6.73. The molecule has 1 aromatic rings. The zero-order chi connectivity index (χ0) is 13.7. The molecule has 1 aliphatic carbocycles. The number of nitrogens with one attached hydrogen (secondary N) is 2. The van der Waals surface area contributed by atoms with E-state index in [9.17, 15) is 0 Å². The van der Waals surface area contributed by atoms with E-state index in [2.05, 4.69) is 39.3 Å². The molecule has 0 bridgehead atoms. The zero-order valence-corrected chi connectivity index (χ0v) is 12.6. The van der Waals surface area contributed by atoms with Crippen molar-refractivity contribution in [1.29, 1.82) is 0 Å². The van der Waals surface area contributed by atoms with Crippen LogP contribution >= 0.6 is 11.8 Å². The van der Waals surface area contributed by atoms with Crippen molar-refractivity contribution in [3.63, 3.8) is 0 Å². The van der Waals surface area contributed by atoms with E-state index >= 15 is 0 Å². The van der Waals surface area contributed by atoms with Gasteiger partial charge in [0.1, 0.15) is 6.33 Å². The van der Waals surface area contributed by atoms with Crippen molar-refractivity contribution >= 4 is 23.4 Å². The van der Waals surface area contributed by atoms with Crippen LogP contribution < -0.4 is 15.4 Å². The minimum atomic E-state index is 0.484. The molecule has 1 saturated carbocycles. The highest BCUT2D eigenvalue weighted by atomic mass is 32.2. The summed E-state index contributed by atoms with van der Waals surface area (Å²) < 4.78 is 5.40. The number of ether oxygens (including phenoxy) is 1. The average molecular weight is 282 g/mol. The van der Waals surface area contributed by atoms with Gasteiger partial charge in [-0.2, -0.15) is 11.8 Å². The molecule has 0 radical (unpaired) electrons. The fraction of sp³-hybridized carbons (Fsp3) is 0.692. The number of anilines is 2. The number of hydrogen-bond acceptors (Lipinski definition) is 6. The van der Waals surface area contributed by atoms with Gasteiger partial charge in [0.05, 0.1) is 7.11 Å². The lowest BCUT2D eigenvalue weighted by Crippen LogP contribution is -2.18. The van der Waals surface area contributed by atoms with Crippen LogP contribution in [0.2, 0.25) is 0 Å². The van der Waals surface area contributed by atoms with Gasteiger partial charge in [0.15, 0.2) is 11.6 Å². The number of thioether (sulfide) groups is 1. The molecule has 2 rings (SSSR count). The Morgan fingerprint density at radius 3 is 2.84 bits per heavy atom. The normalized spacial score (nSPS) is 22.3. The van der Waals surface area contributed by atoms with Crippen LogP contribution in [-0.2, 0) is 0 Å². The number of aromatic nitrogens is 2. The third-order valence-corrected chi connectivity index (χ3v) is 4.61. The molecular weight excluding hydrogens is 260 g/mol. The van der Waals surface area contributed by atoms with Crippen LogP contribution in [0.1, 0.15) is 26.2 Å². The Hall–Kier alpha value is -1.17. The number of methoxy groups -OCH3 is 1. The van der Waals surface area contributed by atoms with E-state index < -0.39 is 0 Å². The number of nitrogens with zero attached hydrogens (tertiary/aromatic N) is 2. The summed E-state index contributed by atoms with van der Waals surface area (Å²) in [6, 6.07) is 0.484. The van der Waals surface area contributed by atoms with Crippen molar-refractivity contribution in [2.24, 2.45) is 0 Å². The van der Waals surface area contributed by atoms with Crippen LogP contribution in [0.25, 0.3) is 0 Å².